The lowest BCUT2D eigenvalue weighted by molar-refractivity contribution is -0.136. The summed E-state index contributed by atoms with van der Waals surface area (Å²) in [6.07, 6.45) is 0.478. The van der Waals surface area contributed by atoms with E-state index in [1.54, 1.807) is 31.4 Å². The highest BCUT2D eigenvalue weighted by Gasteiger charge is 2.40. The molecule has 12 heteroatoms. The summed E-state index contributed by atoms with van der Waals surface area (Å²) in [5, 5.41) is 2.31. The van der Waals surface area contributed by atoms with Gasteiger partial charge in [-0.3, -0.25) is 24.6 Å². The molecule has 2 fully saturated rings. The van der Waals surface area contributed by atoms with Crippen LogP contribution in [0.1, 0.15) is 46.8 Å². The number of hydrogen-bond acceptors (Lipinski definition) is 9. The standard InChI is InChI=1S/C33H36FN5O6/c1-3-44-32-28(43-2)10-11-29(35-32)38-15-13-37(14-16-38)18-22-8-7-21(17-25(22)34)20-45-27-6-4-5-23-24(27)19-39(33(23)42)26-9-12-30(40)36-31(26)41/h4-8,10-11,17,26H,3,9,12-16,18-20H2,1-2H3,(H,36,40,41)/t26-/m0/s1. The third kappa shape index (κ3) is 6.41. The highest BCUT2D eigenvalue weighted by atomic mass is 19.1. The number of piperidine rings is 1. The monoisotopic (exact) mass is 617 g/mol. The zero-order valence-electron chi connectivity index (χ0n) is 25.4. The van der Waals surface area contributed by atoms with Crippen LogP contribution < -0.4 is 24.4 Å². The molecule has 1 N–H and O–H groups in total. The van der Waals surface area contributed by atoms with Gasteiger partial charge in [-0.2, -0.15) is 4.98 Å². The normalized spacial score (nSPS) is 18.6. The van der Waals surface area contributed by atoms with Crippen LogP contribution in [0.4, 0.5) is 10.2 Å². The van der Waals surface area contributed by atoms with Crippen molar-refractivity contribution in [2.24, 2.45) is 0 Å². The Morgan fingerprint density at radius 3 is 2.56 bits per heavy atom. The number of pyridine rings is 1. The molecule has 0 aliphatic carbocycles. The average Bonchev–Trinajstić information content (AvgIpc) is 3.38. The van der Waals surface area contributed by atoms with Gasteiger partial charge in [-0.05, 0) is 49.2 Å². The van der Waals surface area contributed by atoms with Gasteiger partial charge in [0.15, 0.2) is 5.75 Å². The van der Waals surface area contributed by atoms with E-state index in [9.17, 15) is 14.4 Å². The van der Waals surface area contributed by atoms with E-state index in [2.05, 4.69) is 20.1 Å². The molecule has 1 atom stereocenters. The van der Waals surface area contributed by atoms with Crippen LogP contribution in [0.25, 0.3) is 0 Å². The second kappa shape index (κ2) is 13.1. The second-order valence-corrected chi connectivity index (χ2v) is 11.3. The van der Waals surface area contributed by atoms with Crippen molar-refractivity contribution in [1.29, 1.82) is 0 Å². The van der Waals surface area contributed by atoms with Gasteiger partial charge in [-0.15, -0.1) is 0 Å². The minimum Gasteiger partial charge on any atom is -0.491 e. The molecule has 45 heavy (non-hydrogen) atoms. The first-order valence-electron chi connectivity index (χ1n) is 15.2. The summed E-state index contributed by atoms with van der Waals surface area (Å²) in [5.41, 5.74) is 2.43. The zero-order valence-corrected chi connectivity index (χ0v) is 25.4. The van der Waals surface area contributed by atoms with Crippen LogP contribution in [-0.4, -0.2) is 78.4 Å². The van der Waals surface area contributed by atoms with Crippen LogP contribution in [0.5, 0.6) is 17.4 Å². The molecule has 6 rings (SSSR count). The number of amides is 3. The van der Waals surface area contributed by atoms with Crippen molar-refractivity contribution in [1.82, 2.24) is 20.1 Å². The highest BCUT2D eigenvalue weighted by molar-refractivity contribution is 6.05. The molecule has 0 saturated carbocycles. The largest absolute Gasteiger partial charge is 0.491 e. The molecular weight excluding hydrogens is 581 g/mol. The maximum Gasteiger partial charge on any atom is 0.258 e. The number of fused-ring (bicyclic) bond motifs is 1. The van der Waals surface area contributed by atoms with Crippen molar-refractivity contribution in [2.45, 2.75) is 45.5 Å². The predicted molar refractivity (Wildman–Crippen MR) is 163 cm³/mol. The topological polar surface area (TPSA) is 114 Å². The number of hydrogen-bond donors (Lipinski definition) is 1. The minimum absolute atomic E-state index is 0.123. The molecule has 236 valence electrons. The fourth-order valence-electron chi connectivity index (χ4n) is 6.03. The fraction of sp³-hybridized carbons (Fsp3) is 0.394. The molecule has 0 bridgehead atoms. The molecule has 0 radical (unpaired) electrons. The highest BCUT2D eigenvalue weighted by Crippen LogP contribution is 2.34. The predicted octanol–water partition coefficient (Wildman–Crippen LogP) is 3.29. The van der Waals surface area contributed by atoms with Crippen molar-refractivity contribution in [3.8, 4) is 17.4 Å². The van der Waals surface area contributed by atoms with E-state index in [-0.39, 0.29) is 43.6 Å². The van der Waals surface area contributed by atoms with Gasteiger partial charge in [0.25, 0.3) is 11.8 Å². The van der Waals surface area contributed by atoms with Gasteiger partial charge >= 0.3 is 0 Å². The molecule has 0 unspecified atom stereocenters. The summed E-state index contributed by atoms with van der Waals surface area (Å²) in [7, 11) is 1.59. The first-order chi connectivity index (χ1) is 21.8. The van der Waals surface area contributed by atoms with Crippen LogP contribution in [0.15, 0.2) is 48.5 Å². The molecule has 1 aromatic heterocycles. The van der Waals surface area contributed by atoms with Gasteiger partial charge in [-0.1, -0.05) is 18.2 Å². The van der Waals surface area contributed by atoms with E-state index >= 15 is 4.39 Å². The maximum absolute atomic E-state index is 15.2. The molecule has 2 aromatic carbocycles. The lowest BCUT2D eigenvalue weighted by Crippen LogP contribution is -2.52. The van der Waals surface area contributed by atoms with Crippen LogP contribution in [0.2, 0.25) is 0 Å². The Morgan fingerprint density at radius 2 is 1.82 bits per heavy atom. The smallest absolute Gasteiger partial charge is 0.258 e. The Bertz CT molecular complexity index is 1610. The fourth-order valence-corrected chi connectivity index (χ4v) is 6.03. The van der Waals surface area contributed by atoms with Gasteiger partial charge in [-0.25, -0.2) is 4.39 Å². The third-order valence-electron chi connectivity index (χ3n) is 8.45. The number of benzene rings is 2. The number of aromatic nitrogens is 1. The van der Waals surface area contributed by atoms with Crippen LogP contribution in [0, 0.1) is 5.82 Å². The summed E-state index contributed by atoms with van der Waals surface area (Å²) in [4.78, 5) is 47.5. The quantitative estimate of drug-likeness (QED) is 0.343. The number of halogens is 1. The molecule has 0 spiro atoms. The molecule has 11 nitrogen and oxygen atoms in total. The van der Waals surface area contributed by atoms with Crippen LogP contribution in [-0.2, 0) is 29.3 Å². The van der Waals surface area contributed by atoms with Crippen molar-refractivity contribution in [3.63, 3.8) is 0 Å². The van der Waals surface area contributed by atoms with Crippen molar-refractivity contribution in [2.75, 3.05) is 44.8 Å². The lowest BCUT2D eigenvalue weighted by Gasteiger charge is -2.35. The Morgan fingerprint density at radius 1 is 1.00 bits per heavy atom. The second-order valence-electron chi connectivity index (χ2n) is 11.3. The number of imide groups is 1. The summed E-state index contributed by atoms with van der Waals surface area (Å²) in [6.45, 7) is 6.25. The number of carbonyl (C=O) groups is 3. The van der Waals surface area contributed by atoms with E-state index < -0.39 is 11.9 Å². The first-order valence-corrected chi connectivity index (χ1v) is 15.2. The van der Waals surface area contributed by atoms with Gasteiger partial charge in [0.05, 0.1) is 20.3 Å². The Balaban J connectivity index is 1.04. The van der Waals surface area contributed by atoms with Gasteiger partial charge in [0, 0.05) is 55.8 Å². The number of carbonyl (C=O) groups excluding carboxylic acids is 3. The number of rotatable bonds is 10. The summed E-state index contributed by atoms with van der Waals surface area (Å²) < 4.78 is 32.2. The average molecular weight is 618 g/mol. The van der Waals surface area contributed by atoms with E-state index in [4.69, 9.17) is 14.2 Å². The Labute approximate surface area is 260 Å². The number of nitrogens with one attached hydrogen (secondary N) is 1. The van der Waals surface area contributed by atoms with Crippen molar-refractivity contribution in [3.05, 3.63) is 76.6 Å². The van der Waals surface area contributed by atoms with Gasteiger partial charge in [0.2, 0.25) is 11.8 Å². The number of ether oxygens (including phenoxy) is 3. The number of piperazine rings is 1. The van der Waals surface area contributed by atoms with E-state index in [1.165, 1.54) is 11.0 Å². The first kappa shape index (κ1) is 30.3. The SMILES string of the molecule is CCOc1nc(N2CCN(Cc3ccc(COc4cccc5c4CN([C@H]4CCC(=O)NC4=O)C5=O)cc3F)CC2)ccc1OC. The third-order valence-corrected chi connectivity index (χ3v) is 8.45. The Kier molecular flexibility index (Phi) is 8.83. The van der Waals surface area contributed by atoms with E-state index in [1.807, 2.05) is 25.1 Å². The summed E-state index contributed by atoms with van der Waals surface area (Å²) >= 11 is 0. The molecule has 3 aliphatic heterocycles. The van der Waals surface area contributed by atoms with Crippen LogP contribution in [0.3, 0.4) is 0 Å². The van der Waals surface area contributed by atoms with E-state index in [0.29, 0.717) is 52.8 Å². The molecule has 2 saturated heterocycles. The van der Waals surface area contributed by atoms with Gasteiger partial charge in [0.1, 0.15) is 30.0 Å². The molecule has 3 aromatic rings. The number of nitrogens with zero attached hydrogens (tertiary/aromatic N) is 4. The zero-order chi connectivity index (χ0) is 31.5. The van der Waals surface area contributed by atoms with Crippen LogP contribution >= 0.6 is 0 Å². The molecule has 3 amide bonds. The molecular formula is C33H36FN5O6. The summed E-state index contributed by atoms with van der Waals surface area (Å²) in [5.74, 6) is 1.06. The number of anilines is 1. The number of methoxy groups -OCH3 is 1. The van der Waals surface area contributed by atoms with E-state index in [0.717, 1.165) is 32.0 Å². The van der Waals surface area contributed by atoms with Crippen molar-refractivity contribution < 1.29 is 33.0 Å². The van der Waals surface area contributed by atoms with Crippen molar-refractivity contribution >= 4 is 23.5 Å². The maximum atomic E-state index is 15.2. The Hall–Kier alpha value is -4.71. The lowest BCUT2D eigenvalue weighted by atomic mass is 10.0. The minimum atomic E-state index is -0.701. The summed E-state index contributed by atoms with van der Waals surface area (Å²) in [6, 6.07) is 13.4. The molecule has 4 heterocycles. The van der Waals surface area contributed by atoms with Gasteiger partial charge < -0.3 is 24.0 Å². The molecule has 3 aliphatic rings.